The fraction of sp³-hybridized carbons (Fsp3) is 0.600. The molecule has 2 rings (SSSR count). The van der Waals surface area contributed by atoms with Crippen LogP contribution in [0.3, 0.4) is 0 Å². The van der Waals surface area contributed by atoms with E-state index in [0.717, 1.165) is 25.0 Å². The lowest BCUT2D eigenvalue weighted by Crippen LogP contribution is -2.45. The second-order valence-electron chi connectivity index (χ2n) is 5.32. The van der Waals surface area contributed by atoms with Crippen LogP contribution in [0.1, 0.15) is 38.3 Å². The summed E-state index contributed by atoms with van der Waals surface area (Å²) >= 11 is 0. The van der Waals surface area contributed by atoms with Gasteiger partial charge in [-0.1, -0.05) is 19.4 Å². The van der Waals surface area contributed by atoms with Crippen LogP contribution in [0, 0.1) is 5.92 Å². The zero-order valence-electron chi connectivity index (χ0n) is 11.2. The van der Waals surface area contributed by atoms with Crippen molar-refractivity contribution in [3.05, 3.63) is 30.1 Å². The second kappa shape index (κ2) is 5.61. The largest absolute Gasteiger partial charge is 0.370 e. The number of carbonyl (C=O) groups is 1. The SMILES string of the molecule is COC1(C(=O)Cc2ccccn2)CCCC(C)C1. The first-order valence-electron chi connectivity index (χ1n) is 6.65. The van der Waals surface area contributed by atoms with Gasteiger partial charge < -0.3 is 4.74 Å². The molecule has 18 heavy (non-hydrogen) atoms. The van der Waals surface area contributed by atoms with E-state index in [1.807, 2.05) is 18.2 Å². The molecule has 0 amide bonds. The third kappa shape index (κ3) is 2.78. The first kappa shape index (κ1) is 13.2. The fourth-order valence-corrected chi connectivity index (χ4v) is 2.88. The van der Waals surface area contributed by atoms with E-state index in [2.05, 4.69) is 11.9 Å². The van der Waals surface area contributed by atoms with Crippen molar-refractivity contribution >= 4 is 5.78 Å². The van der Waals surface area contributed by atoms with Gasteiger partial charge in [0.05, 0.1) is 6.42 Å². The average molecular weight is 247 g/mol. The van der Waals surface area contributed by atoms with Crippen molar-refractivity contribution in [3.63, 3.8) is 0 Å². The molecule has 1 aliphatic carbocycles. The molecule has 1 aromatic heterocycles. The summed E-state index contributed by atoms with van der Waals surface area (Å²) in [5.41, 5.74) is 0.256. The van der Waals surface area contributed by atoms with Crippen LogP contribution >= 0.6 is 0 Å². The highest BCUT2D eigenvalue weighted by Gasteiger charge is 2.41. The third-order valence-corrected chi connectivity index (χ3v) is 3.92. The highest BCUT2D eigenvalue weighted by atomic mass is 16.5. The van der Waals surface area contributed by atoms with Crippen LogP contribution in [0.25, 0.3) is 0 Å². The van der Waals surface area contributed by atoms with E-state index in [-0.39, 0.29) is 5.78 Å². The monoisotopic (exact) mass is 247 g/mol. The molecule has 2 unspecified atom stereocenters. The van der Waals surface area contributed by atoms with Crippen LogP contribution < -0.4 is 0 Å². The number of aromatic nitrogens is 1. The van der Waals surface area contributed by atoms with Gasteiger partial charge in [-0.25, -0.2) is 0 Å². The zero-order chi connectivity index (χ0) is 13.0. The van der Waals surface area contributed by atoms with Crippen molar-refractivity contribution in [3.8, 4) is 0 Å². The molecule has 0 saturated heterocycles. The molecule has 3 heteroatoms. The molecule has 1 fully saturated rings. The molecule has 3 nitrogen and oxygen atoms in total. The van der Waals surface area contributed by atoms with Gasteiger partial charge in [-0.15, -0.1) is 0 Å². The number of methoxy groups -OCH3 is 1. The summed E-state index contributed by atoms with van der Waals surface area (Å²) in [6, 6.07) is 5.68. The fourth-order valence-electron chi connectivity index (χ4n) is 2.88. The van der Waals surface area contributed by atoms with Gasteiger partial charge >= 0.3 is 0 Å². The molecule has 0 radical (unpaired) electrons. The Morgan fingerprint density at radius 3 is 3.00 bits per heavy atom. The number of ketones is 1. The van der Waals surface area contributed by atoms with Crippen LogP contribution in [-0.2, 0) is 16.0 Å². The molecule has 2 atom stereocenters. The van der Waals surface area contributed by atoms with Crippen molar-refractivity contribution in [2.75, 3.05) is 7.11 Å². The predicted octanol–water partition coefficient (Wildman–Crippen LogP) is 2.79. The van der Waals surface area contributed by atoms with E-state index in [1.54, 1.807) is 13.3 Å². The second-order valence-corrected chi connectivity index (χ2v) is 5.32. The van der Waals surface area contributed by atoms with E-state index < -0.39 is 5.60 Å². The van der Waals surface area contributed by atoms with Crippen molar-refractivity contribution in [1.29, 1.82) is 0 Å². The van der Waals surface area contributed by atoms with E-state index in [4.69, 9.17) is 4.74 Å². The summed E-state index contributed by atoms with van der Waals surface area (Å²) in [4.78, 5) is 16.7. The average Bonchev–Trinajstić information content (AvgIpc) is 2.39. The molecule has 1 saturated carbocycles. The Balaban J connectivity index is 2.10. The molecule has 0 bridgehead atoms. The summed E-state index contributed by atoms with van der Waals surface area (Å²) in [7, 11) is 1.66. The minimum absolute atomic E-state index is 0.176. The van der Waals surface area contributed by atoms with Crippen molar-refractivity contribution in [2.45, 2.75) is 44.6 Å². The number of Topliss-reactive ketones (excluding diaryl/α,β-unsaturated/α-hetero) is 1. The van der Waals surface area contributed by atoms with Gasteiger partial charge in [0.1, 0.15) is 5.60 Å². The lowest BCUT2D eigenvalue weighted by molar-refractivity contribution is -0.146. The normalized spacial score (nSPS) is 28.0. The number of nitrogens with zero attached hydrogens (tertiary/aromatic N) is 1. The number of pyridine rings is 1. The molecule has 1 heterocycles. The molecule has 0 N–H and O–H groups in total. The Labute approximate surface area is 109 Å². The van der Waals surface area contributed by atoms with Crippen molar-refractivity contribution < 1.29 is 9.53 Å². The standard InChI is InChI=1S/C15H21NO2/c1-12-6-5-8-15(11-12,18-2)14(17)10-13-7-3-4-9-16-13/h3-4,7,9,12H,5-6,8,10-11H2,1-2H3. The highest BCUT2D eigenvalue weighted by molar-refractivity contribution is 5.89. The van der Waals surface area contributed by atoms with Gasteiger partial charge in [-0.05, 0) is 37.3 Å². The summed E-state index contributed by atoms with van der Waals surface area (Å²) in [6.45, 7) is 2.20. The lowest BCUT2D eigenvalue weighted by atomic mass is 9.75. The smallest absolute Gasteiger partial charge is 0.170 e. The minimum atomic E-state index is -0.574. The lowest BCUT2D eigenvalue weighted by Gasteiger charge is -2.37. The number of hydrogen-bond acceptors (Lipinski definition) is 3. The minimum Gasteiger partial charge on any atom is -0.370 e. The van der Waals surface area contributed by atoms with E-state index in [1.165, 1.54) is 6.42 Å². The molecule has 98 valence electrons. The molecule has 0 aromatic carbocycles. The maximum absolute atomic E-state index is 12.5. The Morgan fingerprint density at radius 1 is 1.56 bits per heavy atom. The zero-order valence-corrected chi connectivity index (χ0v) is 11.2. The number of rotatable bonds is 4. The first-order chi connectivity index (χ1) is 8.66. The van der Waals surface area contributed by atoms with Crippen LogP contribution in [-0.4, -0.2) is 23.5 Å². The third-order valence-electron chi connectivity index (χ3n) is 3.92. The molecule has 0 aliphatic heterocycles. The van der Waals surface area contributed by atoms with Gasteiger partial charge in [0.25, 0.3) is 0 Å². The van der Waals surface area contributed by atoms with E-state index in [0.29, 0.717) is 12.3 Å². The van der Waals surface area contributed by atoms with Crippen LogP contribution in [0.4, 0.5) is 0 Å². The van der Waals surface area contributed by atoms with Gasteiger partial charge in [-0.2, -0.15) is 0 Å². The molecular formula is C15H21NO2. The predicted molar refractivity (Wildman–Crippen MR) is 70.3 cm³/mol. The summed E-state index contributed by atoms with van der Waals surface area (Å²) in [5.74, 6) is 0.738. The summed E-state index contributed by atoms with van der Waals surface area (Å²) in [5, 5.41) is 0. The quantitative estimate of drug-likeness (QED) is 0.821. The van der Waals surface area contributed by atoms with Crippen LogP contribution in [0.15, 0.2) is 24.4 Å². The first-order valence-corrected chi connectivity index (χ1v) is 6.65. The van der Waals surface area contributed by atoms with E-state index >= 15 is 0 Å². The number of carbonyl (C=O) groups excluding carboxylic acids is 1. The summed E-state index contributed by atoms with van der Waals surface area (Å²) in [6.07, 6.45) is 6.06. The Hall–Kier alpha value is -1.22. The maximum Gasteiger partial charge on any atom is 0.170 e. The van der Waals surface area contributed by atoms with Crippen molar-refractivity contribution in [2.24, 2.45) is 5.92 Å². The molecule has 1 aromatic rings. The summed E-state index contributed by atoms with van der Waals surface area (Å²) < 4.78 is 5.61. The van der Waals surface area contributed by atoms with Gasteiger partial charge in [0, 0.05) is 19.0 Å². The van der Waals surface area contributed by atoms with Crippen molar-refractivity contribution in [1.82, 2.24) is 4.98 Å². The number of ether oxygens (including phenoxy) is 1. The van der Waals surface area contributed by atoms with Gasteiger partial charge in [-0.3, -0.25) is 9.78 Å². The Kier molecular flexibility index (Phi) is 4.12. The Morgan fingerprint density at radius 2 is 2.39 bits per heavy atom. The van der Waals surface area contributed by atoms with E-state index in [9.17, 15) is 4.79 Å². The highest BCUT2D eigenvalue weighted by Crippen LogP contribution is 2.36. The molecular weight excluding hydrogens is 226 g/mol. The van der Waals surface area contributed by atoms with Gasteiger partial charge in [0.2, 0.25) is 0 Å². The maximum atomic E-state index is 12.5. The van der Waals surface area contributed by atoms with Crippen LogP contribution in [0.5, 0.6) is 0 Å². The van der Waals surface area contributed by atoms with Crippen LogP contribution in [0.2, 0.25) is 0 Å². The van der Waals surface area contributed by atoms with Gasteiger partial charge in [0.15, 0.2) is 5.78 Å². The topological polar surface area (TPSA) is 39.2 Å². The number of hydrogen-bond donors (Lipinski definition) is 0. The molecule has 1 aliphatic rings. The molecule has 0 spiro atoms. The Bertz CT molecular complexity index is 404.